The van der Waals surface area contributed by atoms with Crippen molar-refractivity contribution in [3.8, 4) is 0 Å². The van der Waals surface area contributed by atoms with Gasteiger partial charge in [0, 0.05) is 46.4 Å². The molecule has 1 rings (SSSR count). The van der Waals surface area contributed by atoms with Gasteiger partial charge in [-0.25, -0.2) is 0 Å². The molecule has 3 N–H and O–H groups in total. The first kappa shape index (κ1) is 15.2. The number of nitrogens with two attached hydrogens (primary N) is 1. The first-order valence-electron chi connectivity index (χ1n) is 6.65. The third kappa shape index (κ3) is 4.44. The Morgan fingerprint density at radius 1 is 1.39 bits per heavy atom. The summed E-state index contributed by atoms with van der Waals surface area (Å²) in [6.07, 6.45) is 1.95. The van der Waals surface area contributed by atoms with E-state index in [0.29, 0.717) is 5.84 Å². The molecule has 1 aliphatic heterocycles. The van der Waals surface area contributed by atoms with Gasteiger partial charge in [-0.05, 0) is 12.8 Å². The minimum Gasteiger partial charge on any atom is -0.409 e. The zero-order chi connectivity index (χ0) is 13.4. The lowest BCUT2D eigenvalue weighted by Crippen LogP contribution is -2.54. The molecule has 0 bridgehead atoms. The van der Waals surface area contributed by atoms with E-state index >= 15 is 0 Å². The number of methoxy groups -OCH3 is 1. The molecule has 106 valence electrons. The fourth-order valence-electron chi connectivity index (χ4n) is 2.45. The highest BCUT2D eigenvalue weighted by Crippen LogP contribution is 2.10. The average molecular weight is 258 g/mol. The van der Waals surface area contributed by atoms with Crippen LogP contribution in [0.5, 0.6) is 0 Å². The highest BCUT2D eigenvalue weighted by atomic mass is 16.5. The minimum atomic E-state index is 0.0659. The summed E-state index contributed by atoms with van der Waals surface area (Å²) in [7, 11) is 1.74. The van der Waals surface area contributed by atoms with Gasteiger partial charge in [-0.3, -0.25) is 4.90 Å². The number of amidine groups is 1. The molecule has 6 heteroatoms. The summed E-state index contributed by atoms with van der Waals surface area (Å²) in [5.41, 5.74) is 5.72. The van der Waals surface area contributed by atoms with Gasteiger partial charge in [0.2, 0.25) is 0 Å². The Morgan fingerprint density at radius 3 is 2.56 bits per heavy atom. The van der Waals surface area contributed by atoms with Crippen LogP contribution >= 0.6 is 0 Å². The highest BCUT2D eigenvalue weighted by Gasteiger charge is 2.25. The molecule has 0 aromatic carbocycles. The third-order valence-electron chi connectivity index (χ3n) is 3.51. The summed E-state index contributed by atoms with van der Waals surface area (Å²) in [5.74, 6) is 0.324. The van der Waals surface area contributed by atoms with Crippen LogP contribution in [0.3, 0.4) is 0 Å². The molecule has 1 atom stereocenters. The van der Waals surface area contributed by atoms with E-state index in [1.807, 2.05) is 0 Å². The van der Waals surface area contributed by atoms with Gasteiger partial charge in [0.25, 0.3) is 0 Å². The molecule has 0 spiro atoms. The van der Waals surface area contributed by atoms with Crippen molar-refractivity contribution in [1.82, 2.24) is 9.80 Å². The average Bonchev–Trinajstić information content (AvgIpc) is 2.41. The van der Waals surface area contributed by atoms with Gasteiger partial charge < -0.3 is 20.6 Å². The summed E-state index contributed by atoms with van der Waals surface area (Å²) >= 11 is 0. The van der Waals surface area contributed by atoms with Crippen LogP contribution in [0.4, 0.5) is 0 Å². The molecule has 1 aliphatic rings. The first-order valence-corrected chi connectivity index (χ1v) is 6.65. The maximum atomic E-state index is 8.77. The Morgan fingerprint density at radius 2 is 2.06 bits per heavy atom. The van der Waals surface area contributed by atoms with E-state index in [0.717, 1.165) is 52.2 Å². The number of ether oxygens (including phenoxy) is 1. The van der Waals surface area contributed by atoms with Crippen LogP contribution in [0.1, 0.15) is 19.8 Å². The maximum Gasteiger partial charge on any atom is 0.156 e. The molecule has 1 heterocycles. The number of hydrogen-bond donors (Lipinski definition) is 2. The quantitative estimate of drug-likeness (QED) is 0.224. The van der Waals surface area contributed by atoms with Gasteiger partial charge in [-0.2, -0.15) is 0 Å². The van der Waals surface area contributed by atoms with Crippen molar-refractivity contribution in [1.29, 1.82) is 0 Å². The van der Waals surface area contributed by atoms with Crippen LogP contribution in [-0.2, 0) is 4.74 Å². The van der Waals surface area contributed by atoms with Gasteiger partial charge >= 0.3 is 0 Å². The second-order valence-corrected chi connectivity index (χ2v) is 4.67. The van der Waals surface area contributed by atoms with Crippen LogP contribution in [0, 0.1) is 0 Å². The van der Waals surface area contributed by atoms with Crippen molar-refractivity contribution in [3.63, 3.8) is 0 Å². The molecular formula is C12H26N4O2. The summed E-state index contributed by atoms with van der Waals surface area (Å²) in [6, 6.07) is 0.0659. The zero-order valence-corrected chi connectivity index (χ0v) is 11.5. The largest absolute Gasteiger partial charge is 0.409 e. The second-order valence-electron chi connectivity index (χ2n) is 4.67. The molecule has 6 nitrogen and oxygen atoms in total. The van der Waals surface area contributed by atoms with E-state index in [-0.39, 0.29) is 6.04 Å². The normalized spacial score (nSPS) is 21.1. The smallest absolute Gasteiger partial charge is 0.156 e. The molecule has 0 aliphatic carbocycles. The predicted molar refractivity (Wildman–Crippen MR) is 72.0 cm³/mol. The molecule has 0 radical (unpaired) electrons. The monoisotopic (exact) mass is 258 g/mol. The van der Waals surface area contributed by atoms with Gasteiger partial charge in [0.15, 0.2) is 5.84 Å². The second kappa shape index (κ2) is 8.29. The molecule has 1 saturated heterocycles. The highest BCUT2D eigenvalue weighted by molar-refractivity contribution is 5.85. The molecule has 0 amide bonds. The van der Waals surface area contributed by atoms with Crippen molar-refractivity contribution < 1.29 is 9.94 Å². The van der Waals surface area contributed by atoms with Crippen molar-refractivity contribution in [2.24, 2.45) is 10.9 Å². The van der Waals surface area contributed by atoms with E-state index in [9.17, 15) is 0 Å². The number of hydrogen-bond acceptors (Lipinski definition) is 5. The van der Waals surface area contributed by atoms with E-state index in [4.69, 9.17) is 15.7 Å². The van der Waals surface area contributed by atoms with Gasteiger partial charge in [0.1, 0.15) is 0 Å². The SMILES string of the molecule is CCC(C(N)=NO)N1CCN(CCCOC)CC1. The van der Waals surface area contributed by atoms with Crippen LogP contribution in [-0.4, -0.2) is 73.3 Å². The summed E-state index contributed by atoms with van der Waals surface area (Å²) in [5, 5.41) is 11.9. The van der Waals surface area contributed by atoms with Crippen molar-refractivity contribution in [3.05, 3.63) is 0 Å². The topological polar surface area (TPSA) is 74.3 Å². The Hall–Kier alpha value is -0.850. The predicted octanol–water partition coefficient (Wildman–Crippen LogP) is 0.166. The molecule has 1 unspecified atom stereocenters. The van der Waals surface area contributed by atoms with E-state index in [1.54, 1.807) is 7.11 Å². The maximum absolute atomic E-state index is 8.77. The third-order valence-corrected chi connectivity index (χ3v) is 3.51. The van der Waals surface area contributed by atoms with Crippen LogP contribution in [0.15, 0.2) is 5.16 Å². The fraction of sp³-hybridized carbons (Fsp3) is 0.917. The summed E-state index contributed by atoms with van der Waals surface area (Å²) in [4.78, 5) is 4.73. The van der Waals surface area contributed by atoms with Gasteiger partial charge in [-0.1, -0.05) is 12.1 Å². The lowest BCUT2D eigenvalue weighted by Gasteiger charge is -2.38. The number of piperazine rings is 1. The summed E-state index contributed by atoms with van der Waals surface area (Å²) < 4.78 is 5.06. The lowest BCUT2D eigenvalue weighted by molar-refractivity contribution is 0.103. The Labute approximate surface area is 109 Å². The fourth-order valence-corrected chi connectivity index (χ4v) is 2.45. The molecule has 18 heavy (non-hydrogen) atoms. The number of rotatable bonds is 7. The number of nitrogens with zero attached hydrogens (tertiary/aromatic N) is 3. The number of oxime groups is 1. The Kier molecular flexibility index (Phi) is 7.00. The standard InChI is InChI=1S/C12H26N4O2/c1-3-11(12(13)14-17)16-8-6-15(7-9-16)5-4-10-18-2/h11,17H,3-10H2,1-2H3,(H2,13,14). The lowest BCUT2D eigenvalue weighted by atomic mass is 10.1. The molecular weight excluding hydrogens is 232 g/mol. The van der Waals surface area contributed by atoms with E-state index in [2.05, 4.69) is 21.9 Å². The molecule has 0 aromatic rings. The van der Waals surface area contributed by atoms with Gasteiger partial charge in [0.05, 0.1) is 6.04 Å². The van der Waals surface area contributed by atoms with Crippen molar-refractivity contribution in [2.75, 3.05) is 46.4 Å². The van der Waals surface area contributed by atoms with Crippen LogP contribution < -0.4 is 5.73 Å². The molecule has 0 saturated carbocycles. The van der Waals surface area contributed by atoms with Crippen molar-refractivity contribution >= 4 is 5.84 Å². The van der Waals surface area contributed by atoms with Crippen LogP contribution in [0.25, 0.3) is 0 Å². The van der Waals surface area contributed by atoms with Crippen LogP contribution in [0.2, 0.25) is 0 Å². The molecule has 1 fully saturated rings. The Balaban J connectivity index is 2.33. The van der Waals surface area contributed by atoms with Crippen molar-refractivity contribution in [2.45, 2.75) is 25.8 Å². The van der Waals surface area contributed by atoms with Gasteiger partial charge in [-0.15, -0.1) is 0 Å². The minimum absolute atomic E-state index is 0.0659. The van der Waals surface area contributed by atoms with E-state index in [1.165, 1.54) is 0 Å². The molecule has 0 aromatic heterocycles. The zero-order valence-electron chi connectivity index (χ0n) is 11.5. The summed E-state index contributed by atoms with van der Waals surface area (Å²) in [6.45, 7) is 8.00. The van der Waals surface area contributed by atoms with E-state index < -0.39 is 0 Å². The first-order chi connectivity index (χ1) is 8.72. The Bertz CT molecular complexity index is 252.